The van der Waals surface area contributed by atoms with Crippen LogP contribution in [0.15, 0.2) is 24.5 Å². The summed E-state index contributed by atoms with van der Waals surface area (Å²) in [5.74, 6) is 2.07. The van der Waals surface area contributed by atoms with Crippen molar-refractivity contribution in [3.63, 3.8) is 0 Å². The molecular weight excluding hydrogens is 322 g/mol. The van der Waals surface area contributed by atoms with Crippen LogP contribution in [0.25, 0.3) is 0 Å². The van der Waals surface area contributed by atoms with Gasteiger partial charge in [-0.05, 0) is 62.5 Å². The van der Waals surface area contributed by atoms with Crippen molar-refractivity contribution in [3.05, 3.63) is 24.5 Å². The zero-order valence-electron chi connectivity index (χ0n) is 16.3. The van der Waals surface area contributed by atoms with Gasteiger partial charge in [-0.1, -0.05) is 26.2 Å². The molecule has 1 aromatic heterocycles. The SMILES string of the molecule is CCCCC1CCC(C(=O)NCC2CCN(c3cccnc3)CC2)CC1. The lowest BCUT2D eigenvalue weighted by Gasteiger charge is -2.34. The summed E-state index contributed by atoms with van der Waals surface area (Å²) in [6.45, 7) is 5.25. The number of rotatable bonds is 7. The lowest BCUT2D eigenvalue weighted by molar-refractivity contribution is -0.126. The van der Waals surface area contributed by atoms with E-state index in [1.165, 1.54) is 37.8 Å². The number of amides is 1. The fourth-order valence-electron chi connectivity index (χ4n) is 4.53. The Labute approximate surface area is 158 Å². The van der Waals surface area contributed by atoms with E-state index >= 15 is 0 Å². The van der Waals surface area contributed by atoms with Gasteiger partial charge in [0.05, 0.1) is 11.9 Å². The Hall–Kier alpha value is -1.58. The van der Waals surface area contributed by atoms with E-state index < -0.39 is 0 Å². The quantitative estimate of drug-likeness (QED) is 0.786. The molecule has 0 bridgehead atoms. The molecule has 3 rings (SSSR count). The zero-order valence-corrected chi connectivity index (χ0v) is 16.3. The zero-order chi connectivity index (χ0) is 18.2. The molecule has 4 heteroatoms. The van der Waals surface area contributed by atoms with E-state index in [1.54, 1.807) is 0 Å². The van der Waals surface area contributed by atoms with Gasteiger partial charge in [-0.25, -0.2) is 0 Å². The van der Waals surface area contributed by atoms with E-state index in [2.05, 4.69) is 28.2 Å². The molecule has 1 saturated carbocycles. The second-order valence-electron chi connectivity index (χ2n) is 8.25. The van der Waals surface area contributed by atoms with Gasteiger partial charge in [-0.3, -0.25) is 9.78 Å². The molecule has 1 aliphatic heterocycles. The molecule has 0 radical (unpaired) electrons. The highest BCUT2D eigenvalue weighted by atomic mass is 16.1. The van der Waals surface area contributed by atoms with Gasteiger partial charge >= 0.3 is 0 Å². The molecule has 144 valence electrons. The minimum Gasteiger partial charge on any atom is -0.370 e. The molecule has 0 atom stereocenters. The number of carbonyl (C=O) groups excluding carboxylic acids is 1. The maximum absolute atomic E-state index is 12.5. The number of nitrogens with zero attached hydrogens (tertiary/aromatic N) is 2. The van der Waals surface area contributed by atoms with Gasteiger partial charge in [-0.15, -0.1) is 0 Å². The van der Waals surface area contributed by atoms with Crippen LogP contribution in [-0.4, -0.2) is 30.5 Å². The van der Waals surface area contributed by atoms with Crippen molar-refractivity contribution in [3.8, 4) is 0 Å². The van der Waals surface area contributed by atoms with Crippen molar-refractivity contribution in [2.75, 3.05) is 24.5 Å². The Morgan fingerprint density at radius 2 is 1.92 bits per heavy atom. The summed E-state index contributed by atoms with van der Waals surface area (Å²) in [4.78, 5) is 19.1. The maximum atomic E-state index is 12.5. The summed E-state index contributed by atoms with van der Waals surface area (Å²) in [6.07, 6.45) is 14.8. The summed E-state index contributed by atoms with van der Waals surface area (Å²) in [6, 6.07) is 4.13. The van der Waals surface area contributed by atoms with Crippen LogP contribution in [0.5, 0.6) is 0 Å². The van der Waals surface area contributed by atoms with Gasteiger partial charge in [0.15, 0.2) is 0 Å². The van der Waals surface area contributed by atoms with Crippen molar-refractivity contribution in [2.45, 2.75) is 64.7 Å². The van der Waals surface area contributed by atoms with E-state index in [0.29, 0.717) is 11.8 Å². The molecular formula is C22H35N3O. The lowest BCUT2D eigenvalue weighted by atomic mass is 9.79. The fraction of sp³-hybridized carbons (Fsp3) is 0.727. The Balaban J connectivity index is 1.33. The summed E-state index contributed by atoms with van der Waals surface area (Å²) >= 11 is 0. The maximum Gasteiger partial charge on any atom is 0.223 e. The molecule has 0 aromatic carbocycles. The van der Waals surface area contributed by atoms with E-state index in [9.17, 15) is 4.79 Å². The summed E-state index contributed by atoms with van der Waals surface area (Å²) < 4.78 is 0. The van der Waals surface area contributed by atoms with Crippen LogP contribution in [0.4, 0.5) is 5.69 Å². The van der Waals surface area contributed by atoms with Crippen molar-refractivity contribution in [1.82, 2.24) is 10.3 Å². The predicted molar refractivity (Wildman–Crippen MR) is 107 cm³/mol. The summed E-state index contributed by atoms with van der Waals surface area (Å²) in [5.41, 5.74) is 1.22. The molecule has 2 aliphatic rings. The molecule has 2 fully saturated rings. The van der Waals surface area contributed by atoms with Crippen LogP contribution in [-0.2, 0) is 4.79 Å². The second-order valence-corrected chi connectivity index (χ2v) is 8.25. The van der Waals surface area contributed by atoms with Crippen LogP contribution in [0.2, 0.25) is 0 Å². The third-order valence-electron chi connectivity index (χ3n) is 6.37. The highest BCUT2D eigenvalue weighted by Crippen LogP contribution is 2.32. The van der Waals surface area contributed by atoms with Gasteiger partial charge in [0, 0.05) is 31.7 Å². The highest BCUT2D eigenvalue weighted by molar-refractivity contribution is 5.78. The molecule has 1 aliphatic carbocycles. The largest absolute Gasteiger partial charge is 0.370 e. The standard InChI is InChI=1S/C22H35N3O/c1-2-3-5-18-7-9-20(10-8-18)22(26)24-16-19-11-14-25(15-12-19)21-6-4-13-23-17-21/h4,6,13,17-20H,2-3,5,7-12,14-16H2,1H3,(H,24,26). The van der Waals surface area contributed by atoms with Crippen LogP contribution >= 0.6 is 0 Å². The molecule has 1 amide bonds. The Kier molecular flexibility index (Phi) is 7.33. The summed E-state index contributed by atoms with van der Waals surface area (Å²) in [5, 5.41) is 3.26. The van der Waals surface area contributed by atoms with Gasteiger partial charge in [0.1, 0.15) is 0 Å². The minimum absolute atomic E-state index is 0.267. The predicted octanol–water partition coefficient (Wildman–Crippen LogP) is 4.41. The van der Waals surface area contributed by atoms with Crippen molar-refractivity contribution in [1.29, 1.82) is 0 Å². The van der Waals surface area contributed by atoms with E-state index in [-0.39, 0.29) is 5.92 Å². The van der Waals surface area contributed by atoms with E-state index in [4.69, 9.17) is 0 Å². The van der Waals surface area contributed by atoms with E-state index in [1.807, 2.05) is 18.5 Å². The molecule has 2 heterocycles. The number of carbonyl (C=O) groups is 1. The number of nitrogens with one attached hydrogen (secondary N) is 1. The fourth-order valence-corrected chi connectivity index (χ4v) is 4.53. The second kappa shape index (κ2) is 9.94. The van der Waals surface area contributed by atoms with Crippen LogP contribution in [0.1, 0.15) is 64.7 Å². The first-order valence-corrected chi connectivity index (χ1v) is 10.7. The average Bonchev–Trinajstić information content (AvgIpc) is 2.72. The highest BCUT2D eigenvalue weighted by Gasteiger charge is 2.27. The normalized spacial score (nSPS) is 24.4. The first kappa shape index (κ1) is 19.2. The molecule has 1 N–H and O–H groups in total. The number of aromatic nitrogens is 1. The van der Waals surface area contributed by atoms with Crippen LogP contribution < -0.4 is 10.2 Å². The molecule has 0 unspecified atom stereocenters. The molecule has 26 heavy (non-hydrogen) atoms. The van der Waals surface area contributed by atoms with Gasteiger partial charge in [-0.2, -0.15) is 0 Å². The summed E-state index contributed by atoms with van der Waals surface area (Å²) in [7, 11) is 0. The van der Waals surface area contributed by atoms with Gasteiger partial charge < -0.3 is 10.2 Å². The first-order valence-electron chi connectivity index (χ1n) is 10.7. The third kappa shape index (κ3) is 5.46. The number of anilines is 1. The third-order valence-corrected chi connectivity index (χ3v) is 6.37. The number of hydrogen-bond acceptors (Lipinski definition) is 3. The molecule has 4 nitrogen and oxygen atoms in total. The van der Waals surface area contributed by atoms with Crippen LogP contribution in [0.3, 0.4) is 0 Å². The number of pyridine rings is 1. The Morgan fingerprint density at radius 3 is 2.58 bits per heavy atom. The number of unbranched alkanes of at least 4 members (excludes halogenated alkanes) is 1. The van der Waals surface area contributed by atoms with Gasteiger partial charge in [0.2, 0.25) is 5.91 Å². The van der Waals surface area contributed by atoms with Crippen molar-refractivity contribution in [2.24, 2.45) is 17.8 Å². The van der Waals surface area contributed by atoms with Crippen molar-refractivity contribution < 1.29 is 4.79 Å². The lowest BCUT2D eigenvalue weighted by Crippen LogP contribution is -2.40. The topological polar surface area (TPSA) is 45.2 Å². The van der Waals surface area contributed by atoms with Crippen molar-refractivity contribution >= 4 is 11.6 Å². The molecule has 1 aromatic rings. The number of hydrogen-bond donors (Lipinski definition) is 1. The van der Waals surface area contributed by atoms with Crippen LogP contribution in [0, 0.1) is 17.8 Å². The Bertz CT molecular complexity index is 532. The smallest absolute Gasteiger partial charge is 0.223 e. The van der Waals surface area contributed by atoms with Gasteiger partial charge in [0.25, 0.3) is 0 Å². The molecule has 0 spiro atoms. The van der Waals surface area contributed by atoms with E-state index in [0.717, 1.165) is 51.2 Å². The molecule has 1 saturated heterocycles. The minimum atomic E-state index is 0.267. The Morgan fingerprint density at radius 1 is 1.15 bits per heavy atom. The first-order chi connectivity index (χ1) is 12.8. The average molecular weight is 358 g/mol. The number of piperidine rings is 1. The monoisotopic (exact) mass is 357 g/mol.